The van der Waals surface area contributed by atoms with Crippen LogP contribution in [-0.4, -0.2) is 24.0 Å². The lowest BCUT2D eigenvalue weighted by Crippen LogP contribution is -2.51. The quantitative estimate of drug-likeness (QED) is 0.929. The lowest BCUT2D eigenvalue weighted by atomic mass is 9.80. The molecule has 3 heteroatoms. The van der Waals surface area contributed by atoms with Crippen LogP contribution in [0.3, 0.4) is 0 Å². The van der Waals surface area contributed by atoms with Crippen LogP contribution >= 0.6 is 11.3 Å². The zero-order chi connectivity index (χ0) is 14.9. The number of hydrogen-bond acceptors (Lipinski definition) is 3. The highest BCUT2D eigenvalue weighted by Crippen LogP contribution is 2.31. The Morgan fingerprint density at radius 3 is 2.71 bits per heavy atom. The van der Waals surface area contributed by atoms with Crippen molar-refractivity contribution in [3.63, 3.8) is 0 Å². The summed E-state index contributed by atoms with van der Waals surface area (Å²) >= 11 is 1.87. The molecule has 2 heterocycles. The summed E-state index contributed by atoms with van der Waals surface area (Å²) < 4.78 is 0. The molecule has 21 heavy (non-hydrogen) atoms. The van der Waals surface area contributed by atoms with Gasteiger partial charge in [0.05, 0.1) is 0 Å². The van der Waals surface area contributed by atoms with Crippen LogP contribution in [0.4, 0.5) is 0 Å². The van der Waals surface area contributed by atoms with Crippen LogP contribution in [-0.2, 0) is 6.54 Å². The van der Waals surface area contributed by atoms with Crippen LogP contribution in [0.2, 0.25) is 0 Å². The number of nitrogens with two attached hydrogens (primary N) is 1. The number of piperidine rings is 1. The van der Waals surface area contributed by atoms with E-state index in [0.29, 0.717) is 6.04 Å². The maximum absolute atomic E-state index is 6.22. The van der Waals surface area contributed by atoms with Gasteiger partial charge in [-0.05, 0) is 34.4 Å². The molecule has 3 rings (SSSR count). The molecule has 0 spiro atoms. The molecule has 112 valence electrons. The second-order valence-corrected chi connectivity index (χ2v) is 7.76. The Hall–Kier alpha value is -1.16. The van der Waals surface area contributed by atoms with Crippen molar-refractivity contribution in [2.45, 2.75) is 32.9 Å². The molecule has 0 radical (unpaired) electrons. The second kappa shape index (κ2) is 5.91. The van der Waals surface area contributed by atoms with Crippen LogP contribution in [0.25, 0.3) is 11.1 Å². The van der Waals surface area contributed by atoms with E-state index in [1.54, 1.807) is 0 Å². The predicted molar refractivity (Wildman–Crippen MR) is 91.4 cm³/mol. The second-order valence-electron chi connectivity index (χ2n) is 6.76. The van der Waals surface area contributed by atoms with Crippen LogP contribution in [0, 0.1) is 5.41 Å². The molecule has 1 atom stereocenters. The molecule has 0 amide bonds. The summed E-state index contributed by atoms with van der Waals surface area (Å²) in [4.78, 5) is 3.99. The largest absolute Gasteiger partial charge is 0.327 e. The molecule has 2 aromatic rings. The Kier molecular flexibility index (Phi) is 4.16. The smallest absolute Gasteiger partial charge is 0.0328 e. The van der Waals surface area contributed by atoms with E-state index in [9.17, 15) is 0 Å². The molecular weight excluding hydrogens is 276 g/mol. The number of thiophene rings is 1. The minimum Gasteiger partial charge on any atom is -0.327 e. The van der Waals surface area contributed by atoms with Crippen molar-refractivity contribution in [2.24, 2.45) is 11.1 Å². The topological polar surface area (TPSA) is 29.3 Å². The van der Waals surface area contributed by atoms with Gasteiger partial charge in [-0.2, -0.15) is 0 Å². The fraction of sp³-hybridized carbons (Fsp3) is 0.444. The van der Waals surface area contributed by atoms with Crippen molar-refractivity contribution < 1.29 is 0 Å². The molecule has 1 saturated heterocycles. The van der Waals surface area contributed by atoms with Crippen molar-refractivity contribution >= 4 is 11.3 Å². The third-order valence-corrected chi connectivity index (χ3v) is 5.45. The summed E-state index contributed by atoms with van der Waals surface area (Å²) in [5, 5.41) is 2.27. The van der Waals surface area contributed by atoms with E-state index >= 15 is 0 Å². The van der Waals surface area contributed by atoms with E-state index in [2.05, 4.69) is 60.5 Å². The van der Waals surface area contributed by atoms with Gasteiger partial charge in [0.1, 0.15) is 0 Å². The number of benzene rings is 1. The van der Waals surface area contributed by atoms with Crippen LogP contribution < -0.4 is 5.73 Å². The number of rotatable bonds is 3. The van der Waals surface area contributed by atoms with Gasteiger partial charge >= 0.3 is 0 Å². The Labute approximate surface area is 131 Å². The fourth-order valence-electron chi connectivity index (χ4n) is 3.09. The Bertz CT molecular complexity index is 588. The molecular formula is C18H24N2S. The van der Waals surface area contributed by atoms with E-state index in [1.807, 2.05) is 11.3 Å². The summed E-state index contributed by atoms with van der Waals surface area (Å²) in [6.07, 6.45) is 1.10. The first-order valence-electron chi connectivity index (χ1n) is 7.65. The summed E-state index contributed by atoms with van der Waals surface area (Å²) in [6.45, 7) is 7.82. The maximum atomic E-state index is 6.22. The van der Waals surface area contributed by atoms with Gasteiger partial charge in [-0.1, -0.05) is 44.2 Å². The fourth-order valence-corrected chi connectivity index (χ4v) is 4.02. The summed E-state index contributed by atoms with van der Waals surface area (Å²) in [6, 6.07) is 13.3. The number of hydrogen-bond donors (Lipinski definition) is 1. The normalized spacial score (nSPS) is 22.3. The van der Waals surface area contributed by atoms with Crippen molar-refractivity contribution in [1.82, 2.24) is 4.90 Å². The van der Waals surface area contributed by atoms with Crippen molar-refractivity contribution in [3.8, 4) is 11.1 Å². The van der Waals surface area contributed by atoms with E-state index in [0.717, 1.165) is 26.1 Å². The highest BCUT2D eigenvalue weighted by molar-refractivity contribution is 7.10. The van der Waals surface area contributed by atoms with Gasteiger partial charge in [-0.15, -0.1) is 11.3 Å². The first kappa shape index (κ1) is 14.8. The molecule has 1 aliphatic rings. The highest BCUT2D eigenvalue weighted by atomic mass is 32.1. The molecule has 0 aliphatic carbocycles. The van der Waals surface area contributed by atoms with Gasteiger partial charge in [0, 0.05) is 30.6 Å². The zero-order valence-corrected chi connectivity index (χ0v) is 13.7. The van der Waals surface area contributed by atoms with E-state index in [4.69, 9.17) is 5.73 Å². The van der Waals surface area contributed by atoms with E-state index < -0.39 is 0 Å². The average Bonchev–Trinajstić information content (AvgIpc) is 2.92. The lowest BCUT2D eigenvalue weighted by Gasteiger charge is -2.42. The molecule has 0 saturated carbocycles. The first-order valence-corrected chi connectivity index (χ1v) is 8.53. The van der Waals surface area contributed by atoms with Gasteiger partial charge in [-0.25, -0.2) is 0 Å². The van der Waals surface area contributed by atoms with E-state index in [-0.39, 0.29) is 5.41 Å². The Morgan fingerprint density at radius 1 is 1.24 bits per heavy atom. The third kappa shape index (κ3) is 3.37. The third-order valence-electron chi connectivity index (χ3n) is 4.53. The first-order chi connectivity index (χ1) is 10.0. The summed E-state index contributed by atoms with van der Waals surface area (Å²) in [7, 11) is 0. The Balaban J connectivity index is 1.68. The van der Waals surface area contributed by atoms with Crippen molar-refractivity contribution in [3.05, 3.63) is 46.7 Å². The van der Waals surface area contributed by atoms with E-state index in [1.165, 1.54) is 16.0 Å². The Morgan fingerprint density at radius 2 is 2.00 bits per heavy atom. The highest BCUT2D eigenvalue weighted by Gasteiger charge is 2.33. The standard InChI is InChI=1S/C18H24N2S/c1-18(2)13-20(9-8-17(18)19)11-16-10-15(12-21-16)14-6-4-3-5-7-14/h3-7,10,12,17H,8-9,11,13,19H2,1-2H3. The van der Waals surface area contributed by atoms with Crippen LogP contribution in [0.15, 0.2) is 41.8 Å². The zero-order valence-electron chi connectivity index (χ0n) is 12.9. The maximum Gasteiger partial charge on any atom is 0.0328 e. The molecule has 1 aliphatic heterocycles. The van der Waals surface area contributed by atoms with Crippen molar-refractivity contribution in [1.29, 1.82) is 0 Å². The monoisotopic (exact) mass is 300 g/mol. The predicted octanol–water partition coefficient (Wildman–Crippen LogP) is 3.97. The number of likely N-dealkylation sites (tertiary alicyclic amines) is 1. The van der Waals surface area contributed by atoms with Gasteiger partial charge in [0.25, 0.3) is 0 Å². The van der Waals surface area contributed by atoms with Crippen LogP contribution in [0.5, 0.6) is 0 Å². The number of nitrogens with zero attached hydrogens (tertiary/aromatic N) is 1. The van der Waals surface area contributed by atoms with Gasteiger partial charge in [0.2, 0.25) is 0 Å². The van der Waals surface area contributed by atoms with Crippen LogP contribution in [0.1, 0.15) is 25.1 Å². The lowest BCUT2D eigenvalue weighted by molar-refractivity contribution is 0.0907. The molecule has 1 aromatic carbocycles. The summed E-state index contributed by atoms with van der Waals surface area (Å²) in [5.41, 5.74) is 9.09. The molecule has 2 nitrogen and oxygen atoms in total. The minimum atomic E-state index is 0.220. The minimum absolute atomic E-state index is 0.220. The molecule has 1 aromatic heterocycles. The van der Waals surface area contributed by atoms with Gasteiger partial charge in [0.15, 0.2) is 0 Å². The molecule has 2 N–H and O–H groups in total. The molecule has 1 fully saturated rings. The van der Waals surface area contributed by atoms with Gasteiger partial charge < -0.3 is 5.73 Å². The van der Waals surface area contributed by atoms with Gasteiger partial charge in [-0.3, -0.25) is 4.90 Å². The average molecular weight is 300 g/mol. The summed E-state index contributed by atoms with van der Waals surface area (Å²) in [5.74, 6) is 0. The SMILES string of the molecule is CC1(C)CN(Cc2cc(-c3ccccc3)cs2)CCC1N. The molecule has 0 bridgehead atoms. The molecule has 1 unspecified atom stereocenters. The van der Waals surface area contributed by atoms with Crippen molar-refractivity contribution in [2.75, 3.05) is 13.1 Å².